The molecule has 4 atom stereocenters. The fourth-order valence-corrected chi connectivity index (χ4v) is 4.97. The average Bonchev–Trinajstić information content (AvgIpc) is 2.73. The molecule has 0 aromatic heterocycles. The van der Waals surface area contributed by atoms with Gasteiger partial charge in [0.2, 0.25) is 0 Å². The molecule has 0 aliphatic heterocycles. The lowest BCUT2D eigenvalue weighted by molar-refractivity contribution is 0.0999. The molecule has 2 saturated carbocycles. The second-order valence-corrected chi connectivity index (χ2v) is 8.18. The van der Waals surface area contributed by atoms with Gasteiger partial charge in [-0.2, -0.15) is 11.8 Å². The molecule has 2 bridgehead atoms. The maximum atomic E-state index is 3.96. The smallest absolute Gasteiger partial charge is 0.0177 e. The van der Waals surface area contributed by atoms with Crippen molar-refractivity contribution in [1.29, 1.82) is 0 Å². The van der Waals surface area contributed by atoms with E-state index in [0.717, 1.165) is 12.0 Å². The van der Waals surface area contributed by atoms with E-state index in [4.69, 9.17) is 0 Å². The standard InChI is InChI=1S/C15H29NS/c1-11(7-9-17-5)16-13-14(2,3)12-6-8-15(13,4)10-12/h11-13,16H,6-10H2,1-5H3. The van der Waals surface area contributed by atoms with E-state index in [1.807, 2.05) is 11.8 Å². The van der Waals surface area contributed by atoms with Crippen LogP contribution in [0.4, 0.5) is 0 Å². The van der Waals surface area contributed by atoms with Crippen LogP contribution >= 0.6 is 11.8 Å². The molecule has 0 radical (unpaired) electrons. The summed E-state index contributed by atoms with van der Waals surface area (Å²) in [5, 5.41) is 3.96. The fraction of sp³-hybridized carbons (Fsp3) is 1.00. The summed E-state index contributed by atoms with van der Waals surface area (Å²) in [5.74, 6) is 2.24. The molecule has 17 heavy (non-hydrogen) atoms. The summed E-state index contributed by atoms with van der Waals surface area (Å²) in [5.41, 5.74) is 1.07. The van der Waals surface area contributed by atoms with E-state index in [1.165, 1.54) is 31.4 Å². The summed E-state index contributed by atoms with van der Waals surface area (Å²) in [6.07, 6.45) is 7.85. The number of hydrogen-bond acceptors (Lipinski definition) is 2. The Morgan fingerprint density at radius 1 is 1.35 bits per heavy atom. The maximum Gasteiger partial charge on any atom is 0.0177 e. The van der Waals surface area contributed by atoms with Gasteiger partial charge in [-0.15, -0.1) is 0 Å². The molecule has 2 aliphatic rings. The molecule has 2 rings (SSSR count). The van der Waals surface area contributed by atoms with Crippen molar-refractivity contribution in [3.8, 4) is 0 Å². The van der Waals surface area contributed by atoms with Gasteiger partial charge in [-0.05, 0) is 61.4 Å². The molecule has 0 aromatic carbocycles. The van der Waals surface area contributed by atoms with Gasteiger partial charge in [-0.3, -0.25) is 0 Å². The number of hydrogen-bond donors (Lipinski definition) is 1. The average molecular weight is 255 g/mol. The van der Waals surface area contributed by atoms with Gasteiger partial charge in [-0.25, -0.2) is 0 Å². The van der Waals surface area contributed by atoms with Gasteiger partial charge in [0, 0.05) is 12.1 Å². The van der Waals surface area contributed by atoms with E-state index in [2.05, 4.69) is 39.3 Å². The predicted molar refractivity (Wildman–Crippen MR) is 78.6 cm³/mol. The van der Waals surface area contributed by atoms with E-state index in [-0.39, 0.29) is 0 Å². The molecule has 0 heterocycles. The number of fused-ring (bicyclic) bond motifs is 2. The van der Waals surface area contributed by atoms with Crippen molar-refractivity contribution in [3.63, 3.8) is 0 Å². The van der Waals surface area contributed by atoms with E-state index in [0.29, 0.717) is 16.9 Å². The quantitative estimate of drug-likeness (QED) is 0.799. The Morgan fingerprint density at radius 2 is 2.06 bits per heavy atom. The Hall–Kier alpha value is 0.310. The summed E-state index contributed by atoms with van der Waals surface area (Å²) in [6.45, 7) is 9.85. The molecule has 0 aromatic rings. The monoisotopic (exact) mass is 255 g/mol. The van der Waals surface area contributed by atoms with E-state index in [1.54, 1.807) is 0 Å². The molecule has 0 saturated heterocycles. The minimum Gasteiger partial charge on any atom is -0.310 e. The van der Waals surface area contributed by atoms with Crippen LogP contribution in [0.3, 0.4) is 0 Å². The Morgan fingerprint density at radius 3 is 2.59 bits per heavy atom. The van der Waals surface area contributed by atoms with Crippen molar-refractivity contribution < 1.29 is 0 Å². The van der Waals surface area contributed by atoms with Crippen LogP contribution in [0.1, 0.15) is 53.4 Å². The first kappa shape index (κ1) is 13.7. The van der Waals surface area contributed by atoms with Gasteiger partial charge >= 0.3 is 0 Å². The number of rotatable bonds is 5. The van der Waals surface area contributed by atoms with Gasteiger partial charge in [0.05, 0.1) is 0 Å². The zero-order valence-electron chi connectivity index (χ0n) is 12.2. The molecule has 2 heteroatoms. The lowest BCUT2D eigenvalue weighted by atomic mass is 9.68. The van der Waals surface area contributed by atoms with Gasteiger partial charge in [0.25, 0.3) is 0 Å². The molecule has 0 amide bonds. The zero-order valence-corrected chi connectivity index (χ0v) is 13.0. The lowest BCUT2D eigenvalue weighted by Gasteiger charge is -2.44. The zero-order chi connectivity index (χ0) is 12.7. The van der Waals surface area contributed by atoms with Crippen molar-refractivity contribution in [2.75, 3.05) is 12.0 Å². The molecule has 4 unspecified atom stereocenters. The highest BCUT2D eigenvalue weighted by molar-refractivity contribution is 7.98. The van der Waals surface area contributed by atoms with Crippen LogP contribution in [0.15, 0.2) is 0 Å². The van der Waals surface area contributed by atoms with Gasteiger partial charge in [0.15, 0.2) is 0 Å². The van der Waals surface area contributed by atoms with Crippen molar-refractivity contribution >= 4 is 11.8 Å². The Labute approximate surface area is 112 Å². The summed E-state index contributed by atoms with van der Waals surface area (Å²) in [7, 11) is 0. The van der Waals surface area contributed by atoms with Crippen molar-refractivity contribution in [2.45, 2.75) is 65.5 Å². The number of thioether (sulfide) groups is 1. The highest BCUT2D eigenvalue weighted by Crippen LogP contribution is 2.62. The van der Waals surface area contributed by atoms with Crippen LogP contribution in [-0.4, -0.2) is 24.1 Å². The Kier molecular flexibility index (Phi) is 3.85. The molecule has 1 nitrogen and oxygen atoms in total. The molecule has 100 valence electrons. The largest absolute Gasteiger partial charge is 0.310 e. The summed E-state index contributed by atoms with van der Waals surface area (Å²) in [6, 6.07) is 1.40. The number of nitrogens with one attached hydrogen (secondary N) is 1. The van der Waals surface area contributed by atoms with Crippen LogP contribution in [-0.2, 0) is 0 Å². The molecular formula is C15H29NS. The first-order valence-corrected chi connectivity index (χ1v) is 8.54. The van der Waals surface area contributed by atoms with Gasteiger partial charge in [-0.1, -0.05) is 20.8 Å². The summed E-state index contributed by atoms with van der Waals surface area (Å²) in [4.78, 5) is 0. The SMILES string of the molecule is CSCCC(C)NC1C2(C)CCC(C2)C1(C)C. The van der Waals surface area contributed by atoms with E-state index < -0.39 is 0 Å². The highest BCUT2D eigenvalue weighted by Gasteiger charge is 2.59. The van der Waals surface area contributed by atoms with Gasteiger partial charge in [0.1, 0.15) is 0 Å². The third kappa shape index (κ3) is 2.40. The third-order valence-corrected chi connectivity index (χ3v) is 6.12. The Balaban J connectivity index is 2.00. The minimum absolute atomic E-state index is 0.501. The van der Waals surface area contributed by atoms with E-state index >= 15 is 0 Å². The summed E-state index contributed by atoms with van der Waals surface area (Å²) < 4.78 is 0. The summed E-state index contributed by atoms with van der Waals surface area (Å²) >= 11 is 1.96. The predicted octanol–water partition coefficient (Wildman–Crippen LogP) is 3.93. The third-order valence-electron chi connectivity index (χ3n) is 5.48. The minimum atomic E-state index is 0.501. The molecule has 2 fully saturated rings. The topological polar surface area (TPSA) is 12.0 Å². The van der Waals surface area contributed by atoms with Crippen molar-refractivity contribution in [2.24, 2.45) is 16.7 Å². The van der Waals surface area contributed by atoms with Crippen LogP contribution in [0.5, 0.6) is 0 Å². The fourth-order valence-electron chi connectivity index (χ4n) is 4.38. The molecule has 0 spiro atoms. The molecule has 2 aliphatic carbocycles. The van der Waals surface area contributed by atoms with E-state index in [9.17, 15) is 0 Å². The first-order valence-electron chi connectivity index (χ1n) is 7.15. The molecule has 1 N–H and O–H groups in total. The lowest BCUT2D eigenvalue weighted by Crippen LogP contribution is -2.53. The highest BCUT2D eigenvalue weighted by atomic mass is 32.2. The van der Waals surface area contributed by atoms with Crippen LogP contribution in [0.2, 0.25) is 0 Å². The second kappa shape index (κ2) is 4.77. The van der Waals surface area contributed by atoms with Crippen LogP contribution in [0.25, 0.3) is 0 Å². The van der Waals surface area contributed by atoms with Crippen LogP contribution < -0.4 is 5.32 Å². The maximum absolute atomic E-state index is 3.96. The van der Waals surface area contributed by atoms with Crippen molar-refractivity contribution in [1.82, 2.24) is 5.32 Å². The first-order chi connectivity index (χ1) is 7.90. The Bertz CT molecular complexity index is 271. The second-order valence-electron chi connectivity index (χ2n) is 7.20. The normalized spacial score (nSPS) is 40.8. The molecular weight excluding hydrogens is 226 g/mol. The van der Waals surface area contributed by atoms with Gasteiger partial charge < -0.3 is 5.32 Å². The van der Waals surface area contributed by atoms with Crippen LogP contribution in [0, 0.1) is 16.7 Å². The van der Waals surface area contributed by atoms with Crippen molar-refractivity contribution in [3.05, 3.63) is 0 Å².